The van der Waals surface area contributed by atoms with E-state index in [0.717, 1.165) is 5.56 Å². The fourth-order valence-corrected chi connectivity index (χ4v) is 2.91. The highest BCUT2D eigenvalue weighted by Gasteiger charge is 2.39. The maximum atomic E-state index is 12.7. The summed E-state index contributed by atoms with van der Waals surface area (Å²) in [5.41, 5.74) is 0.960. The molecule has 1 saturated heterocycles. The molecule has 0 aromatic heterocycles. The number of carbonyl (C=O) groups is 1. The van der Waals surface area contributed by atoms with E-state index in [1.165, 1.54) is 0 Å². The van der Waals surface area contributed by atoms with E-state index in [9.17, 15) is 9.90 Å². The van der Waals surface area contributed by atoms with Gasteiger partial charge in [0.15, 0.2) is 0 Å². The molecule has 5 heteroatoms. The number of benzene rings is 1. The maximum Gasteiger partial charge on any atom is 0.252 e. The van der Waals surface area contributed by atoms with Crippen molar-refractivity contribution in [2.24, 2.45) is 0 Å². The second kappa shape index (κ2) is 7.77. The Labute approximate surface area is 136 Å². The number of halogens is 1. The molecule has 1 fully saturated rings. The summed E-state index contributed by atoms with van der Waals surface area (Å²) in [6.07, 6.45) is 2.34. The molecular weight excluding hydrogens is 302 g/mol. The van der Waals surface area contributed by atoms with E-state index in [2.05, 4.69) is 6.58 Å². The third-order valence-corrected chi connectivity index (χ3v) is 4.28. The van der Waals surface area contributed by atoms with Crippen molar-refractivity contribution in [2.45, 2.75) is 38.0 Å². The summed E-state index contributed by atoms with van der Waals surface area (Å²) in [5.74, 6) is -0.0907. The molecule has 2 rings (SSSR count). The third kappa shape index (κ3) is 3.51. The molecule has 22 heavy (non-hydrogen) atoms. The number of hydrogen-bond donors (Lipinski definition) is 1. The van der Waals surface area contributed by atoms with Crippen LogP contribution in [0.1, 0.15) is 31.4 Å². The molecule has 0 radical (unpaired) electrons. The van der Waals surface area contributed by atoms with Crippen molar-refractivity contribution < 1.29 is 14.6 Å². The minimum absolute atomic E-state index is 0.0624. The Kier molecular flexibility index (Phi) is 6.00. The summed E-state index contributed by atoms with van der Waals surface area (Å²) in [5, 5.41) is 10.3. The van der Waals surface area contributed by atoms with Crippen LogP contribution in [0.5, 0.6) is 0 Å². The Bertz CT molecular complexity index is 513. The highest BCUT2D eigenvalue weighted by Crippen LogP contribution is 2.31. The lowest BCUT2D eigenvalue weighted by Gasteiger charge is -2.43. The van der Waals surface area contributed by atoms with Crippen molar-refractivity contribution in [1.29, 1.82) is 0 Å². The van der Waals surface area contributed by atoms with Gasteiger partial charge < -0.3 is 14.7 Å². The number of ether oxygens (including phenoxy) is 1. The Morgan fingerprint density at radius 2 is 2.18 bits per heavy atom. The first-order chi connectivity index (χ1) is 10.6. The van der Waals surface area contributed by atoms with Crippen molar-refractivity contribution in [1.82, 2.24) is 4.90 Å². The van der Waals surface area contributed by atoms with Crippen LogP contribution in [-0.2, 0) is 9.53 Å². The molecule has 120 valence electrons. The number of aliphatic hydroxyl groups is 1. The van der Waals surface area contributed by atoms with Crippen LogP contribution in [0.25, 0.3) is 0 Å². The first-order valence-electron chi connectivity index (χ1n) is 7.53. The molecule has 3 atom stereocenters. The van der Waals surface area contributed by atoms with Gasteiger partial charge in [-0.2, -0.15) is 0 Å². The number of nitrogens with zero attached hydrogens (tertiary/aromatic N) is 1. The lowest BCUT2D eigenvalue weighted by Crippen LogP contribution is -2.54. The minimum atomic E-state index is -0.512. The molecule has 0 saturated carbocycles. The molecule has 0 bridgehead atoms. The molecule has 1 aliphatic heterocycles. The van der Waals surface area contributed by atoms with Gasteiger partial charge in [0.05, 0.1) is 25.3 Å². The van der Waals surface area contributed by atoms with Gasteiger partial charge in [0.2, 0.25) is 0 Å². The Balaban J connectivity index is 2.32. The predicted molar refractivity (Wildman–Crippen MR) is 86.8 cm³/mol. The van der Waals surface area contributed by atoms with E-state index < -0.39 is 6.10 Å². The monoisotopic (exact) mass is 323 g/mol. The molecule has 0 aliphatic carbocycles. The van der Waals surface area contributed by atoms with Gasteiger partial charge in [-0.3, -0.25) is 4.79 Å². The van der Waals surface area contributed by atoms with Crippen molar-refractivity contribution >= 4 is 17.5 Å². The molecule has 0 spiro atoms. The molecule has 4 nitrogen and oxygen atoms in total. The van der Waals surface area contributed by atoms with E-state index in [1.807, 2.05) is 19.1 Å². The van der Waals surface area contributed by atoms with E-state index in [0.29, 0.717) is 24.5 Å². The standard InChI is InChI=1S/C17H22ClNO3/c1-3-5-16-17(21)19(14(4-2)10-20)15(11-22-16)12-6-8-13(18)9-7-12/h3,6-9,14-16,20H,1,4-5,10-11H2,2H3/t14-,15-,16+/m0/s1. The molecule has 1 aromatic rings. The number of hydrogen-bond acceptors (Lipinski definition) is 3. The van der Waals surface area contributed by atoms with E-state index in [1.54, 1.807) is 23.1 Å². The normalized spacial score (nSPS) is 23.4. The molecule has 1 aliphatic rings. The smallest absolute Gasteiger partial charge is 0.252 e. The van der Waals surface area contributed by atoms with Gasteiger partial charge in [-0.25, -0.2) is 0 Å². The van der Waals surface area contributed by atoms with Crippen LogP contribution in [-0.4, -0.2) is 41.3 Å². The lowest BCUT2D eigenvalue weighted by atomic mass is 9.99. The van der Waals surface area contributed by atoms with Crippen molar-refractivity contribution in [2.75, 3.05) is 13.2 Å². The molecule has 1 aromatic carbocycles. The summed E-state index contributed by atoms with van der Waals surface area (Å²) in [6, 6.07) is 6.97. The molecular formula is C17H22ClNO3. The average Bonchev–Trinajstić information content (AvgIpc) is 2.53. The van der Waals surface area contributed by atoms with Gasteiger partial charge in [-0.15, -0.1) is 6.58 Å². The van der Waals surface area contributed by atoms with Crippen LogP contribution < -0.4 is 0 Å². The van der Waals surface area contributed by atoms with Crippen molar-refractivity contribution in [3.63, 3.8) is 0 Å². The number of carbonyl (C=O) groups excluding carboxylic acids is 1. The van der Waals surface area contributed by atoms with E-state index in [-0.39, 0.29) is 24.6 Å². The predicted octanol–water partition coefficient (Wildman–Crippen LogP) is 2.96. The lowest BCUT2D eigenvalue weighted by molar-refractivity contribution is -0.165. The third-order valence-electron chi connectivity index (χ3n) is 4.03. The topological polar surface area (TPSA) is 49.8 Å². The van der Waals surface area contributed by atoms with Gasteiger partial charge in [-0.1, -0.05) is 36.7 Å². The number of aliphatic hydroxyl groups excluding tert-OH is 1. The van der Waals surface area contributed by atoms with Crippen molar-refractivity contribution in [3.05, 3.63) is 47.5 Å². The Hall–Kier alpha value is -1.36. The SMILES string of the molecule is C=CC[C@H]1OC[C@@H](c2ccc(Cl)cc2)N([C@@H](CC)CO)C1=O. The zero-order valence-corrected chi connectivity index (χ0v) is 13.5. The van der Waals surface area contributed by atoms with Crippen LogP contribution >= 0.6 is 11.6 Å². The second-order valence-corrected chi connectivity index (χ2v) is 5.84. The van der Waals surface area contributed by atoms with Crippen LogP contribution in [0.15, 0.2) is 36.9 Å². The number of morpholine rings is 1. The molecule has 1 N–H and O–H groups in total. The van der Waals surface area contributed by atoms with E-state index >= 15 is 0 Å². The minimum Gasteiger partial charge on any atom is -0.394 e. The average molecular weight is 324 g/mol. The van der Waals surface area contributed by atoms with Gasteiger partial charge >= 0.3 is 0 Å². The quantitative estimate of drug-likeness (QED) is 0.819. The van der Waals surface area contributed by atoms with Gasteiger partial charge in [0.25, 0.3) is 5.91 Å². The maximum absolute atomic E-state index is 12.7. The van der Waals surface area contributed by atoms with Crippen LogP contribution in [0.3, 0.4) is 0 Å². The zero-order chi connectivity index (χ0) is 16.1. The van der Waals surface area contributed by atoms with Crippen LogP contribution in [0, 0.1) is 0 Å². The van der Waals surface area contributed by atoms with Crippen molar-refractivity contribution in [3.8, 4) is 0 Å². The number of amides is 1. The molecule has 0 unspecified atom stereocenters. The van der Waals surface area contributed by atoms with E-state index in [4.69, 9.17) is 16.3 Å². The Morgan fingerprint density at radius 1 is 1.50 bits per heavy atom. The number of rotatable bonds is 6. The summed E-state index contributed by atoms with van der Waals surface area (Å²) >= 11 is 5.93. The summed E-state index contributed by atoms with van der Waals surface area (Å²) in [6.45, 7) is 5.98. The van der Waals surface area contributed by atoms with Gasteiger partial charge in [0.1, 0.15) is 6.10 Å². The first kappa shape index (κ1) is 17.0. The first-order valence-corrected chi connectivity index (χ1v) is 7.91. The molecule has 1 heterocycles. The fraction of sp³-hybridized carbons (Fsp3) is 0.471. The second-order valence-electron chi connectivity index (χ2n) is 5.40. The zero-order valence-electron chi connectivity index (χ0n) is 12.7. The fourth-order valence-electron chi connectivity index (χ4n) is 2.79. The van der Waals surface area contributed by atoms with Crippen LogP contribution in [0.4, 0.5) is 0 Å². The largest absolute Gasteiger partial charge is 0.394 e. The van der Waals surface area contributed by atoms with Crippen LogP contribution in [0.2, 0.25) is 5.02 Å². The summed E-state index contributed by atoms with van der Waals surface area (Å²) in [7, 11) is 0. The molecule has 1 amide bonds. The Morgan fingerprint density at radius 3 is 2.73 bits per heavy atom. The summed E-state index contributed by atoms with van der Waals surface area (Å²) < 4.78 is 5.72. The summed E-state index contributed by atoms with van der Waals surface area (Å²) in [4.78, 5) is 14.5. The highest BCUT2D eigenvalue weighted by molar-refractivity contribution is 6.30. The van der Waals surface area contributed by atoms with Gasteiger partial charge in [0, 0.05) is 11.4 Å². The van der Waals surface area contributed by atoms with Gasteiger partial charge in [-0.05, 0) is 24.1 Å². The highest BCUT2D eigenvalue weighted by atomic mass is 35.5.